The van der Waals surface area contributed by atoms with Gasteiger partial charge in [0.2, 0.25) is 0 Å². The Morgan fingerprint density at radius 1 is 1.40 bits per heavy atom. The van der Waals surface area contributed by atoms with Crippen molar-refractivity contribution in [3.05, 3.63) is 35.4 Å². The van der Waals surface area contributed by atoms with Gasteiger partial charge in [-0.25, -0.2) is 4.79 Å². The maximum absolute atomic E-state index is 11.3. The topological polar surface area (TPSA) is 26.3 Å². The van der Waals surface area contributed by atoms with Gasteiger partial charge >= 0.3 is 5.97 Å². The highest BCUT2D eigenvalue weighted by atomic mass is 35.5. The second-order valence-electron chi connectivity index (χ2n) is 2.73. The molecule has 0 aromatic heterocycles. The van der Waals surface area contributed by atoms with Crippen LogP contribution in [0.1, 0.15) is 22.8 Å². The summed E-state index contributed by atoms with van der Waals surface area (Å²) in [6, 6.07) is 6.92. The summed E-state index contributed by atoms with van der Waals surface area (Å²) in [5.74, 6) is 5.59. The maximum Gasteiger partial charge on any atom is 0.338 e. The molecule has 0 radical (unpaired) electrons. The van der Waals surface area contributed by atoms with Crippen molar-refractivity contribution in [3.63, 3.8) is 0 Å². The van der Waals surface area contributed by atoms with Crippen LogP contribution in [0, 0.1) is 11.8 Å². The summed E-state index contributed by atoms with van der Waals surface area (Å²) in [7, 11) is 0. The molecule has 0 amide bonds. The molecule has 0 fully saturated rings. The van der Waals surface area contributed by atoms with Gasteiger partial charge in [0.25, 0.3) is 0 Å². The fraction of sp³-hybridized carbons (Fsp3) is 0.250. The fourth-order valence-electron chi connectivity index (χ4n) is 1.04. The molecule has 2 nitrogen and oxygen atoms in total. The first kappa shape index (κ1) is 11.6. The number of hydrogen-bond acceptors (Lipinski definition) is 2. The lowest BCUT2D eigenvalue weighted by Gasteiger charge is -2.00. The highest BCUT2D eigenvalue weighted by molar-refractivity contribution is 6.19. The van der Waals surface area contributed by atoms with Crippen molar-refractivity contribution < 1.29 is 9.53 Å². The lowest BCUT2D eigenvalue weighted by molar-refractivity contribution is 0.0526. The second-order valence-corrected chi connectivity index (χ2v) is 3.00. The zero-order valence-corrected chi connectivity index (χ0v) is 9.17. The number of halogens is 1. The van der Waals surface area contributed by atoms with Crippen LogP contribution in [0.3, 0.4) is 0 Å². The van der Waals surface area contributed by atoms with Gasteiger partial charge in [0.15, 0.2) is 0 Å². The van der Waals surface area contributed by atoms with Gasteiger partial charge in [0.1, 0.15) is 0 Å². The highest BCUT2D eigenvalue weighted by Gasteiger charge is 2.04. The lowest BCUT2D eigenvalue weighted by atomic mass is 10.1. The first-order chi connectivity index (χ1) is 7.27. The van der Waals surface area contributed by atoms with E-state index < -0.39 is 0 Å². The van der Waals surface area contributed by atoms with E-state index in [-0.39, 0.29) is 5.97 Å². The van der Waals surface area contributed by atoms with Crippen molar-refractivity contribution in [3.8, 4) is 11.8 Å². The Bertz CT molecular complexity index is 384. The summed E-state index contributed by atoms with van der Waals surface area (Å²) >= 11 is 5.43. The van der Waals surface area contributed by atoms with Crippen LogP contribution in [0.5, 0.6) is 0 Å². The highest BCUT2D eigenvalue weighted by Crippen LogP contribution is 2.04. The molecule has 0 atom stereocenters. The molecule has 0 spiro atoms. The summed E-state index contributed by atoms with van der Waals surface area (Å²) in [6.07, 6.45) is 0. The Morgan fingerprint density at radius 3 is 2.60 bits per heavy atom. The van der Waals surface area contributed by atoms with Crippen molar-refractivity contribution in [1.29, 1.82) is 0 Å². The van der Waals surface area contributed by atoms with Gasteiger partial charge in [0.05, 0.1) is 18.1 Å². The van der Waals surface area contributed by atoms with Gasteiger partial charge in [-0.3, -0.25) is 0 Å². The van der Waals surface area contributed by atoms with Crippen LogP contribution in [0.25, 0.3) is 0 Å². The van der Waals surface area contributed by atoms with Gasteiger partial charge in [-0.15, -0.1) is 11.6 Å². The van der Waals surface area contributed by atoms with E-state index in [2.05, 4.69) is 11.8 Å². The molecule has 0 unspecified atom stereocenters. The van der Waals surface area contributed by atoms with Crippen LogP contribution in [0.2, 0.25) is 0 Å². The quantitative estimate of drug-likeness (QED) is 0.437. The average Bonchev–Trinajstić information content (AvgIpc) is 2.27. The molecular weight excluding hydrogens is 212 g/mol. The van der Waals surface area contributed by atoms with Gasteiger partial charge in [-0.1, -0.05) is 11.8 Å². The number of ether oxygens (including phenoxy) is 1. The first-order valence-electron chi connectivity index (χ1n) is 4.60. The molecule has 0 bridgehead atoms. The average molecular weight is 223 g/mol. The van der Waals surface area contributed by atoms with Crippen molar-refractivity contribution in [2.45, 2.75) is 6.92 Å². The molecule has 1 aromatic rings. The van der Waals surface area contributed by atoms with E-state index in [1.54, 1.807) is 31.2 Å². The zero-order chi connectivity index (χ0) is 11.1. The Labute approximate surface area is 94.2 Å². The van der Waals surface area contributed by atoms with E-state index in [4.69, 9.17) is 16.3 Å². The van der Waals surface area contributed by atoms with E-state index >= 15 is 0 Å². The van der Waals surface area contributed by atoms with Crippen LogP contribution in [0.15, 0.2) is 24.3 Å². The third-order valence-electron chi connectivity index (χ3n) is 1.70. The molecule has 78 valence electrons. The summed E-state index contributed by atoms with van der Waals surface area (Å²) in [4.78, 5) is 11.3. The number of rotatable bonds is 2. The van der Waals surface area contributed by atoms with E-state index in [0.29, 0.717) is 18.1 Å². The van der Waals surface area contributed by atoms with Crippen molar-refractivity contribution in [2.75, 3.05) is 12.5 Å². The van der Waals surface area contributed by atoms with Crippen LogP contribution < -0.4 is 0 Å². The molecule has 0 saturated carbocycles. The third-order valence-corrected chi connectivity index (χ3v) is 1.83. The molecule has 1 aromatic carbocycles. The monoisotopic (exact) mass is 222 g/mol. The molecule has 0 saturated heterocycles. The third kappa shape index (κ3) is 3.65. The van der Waals surface area contributed by atoms with Crippen LogP contribution in [0.4, 0.5) is 0 Å². The van der Waals surface area contributed by atoms with Crippen molar-refractivity contribution >= 4 is 17.6 Å². The second kappa shape index (κ2) is 6.10. The molecule has 0 aliphatic carbocycles. The van der Waals surface area contributed by atoms with Crippen molar-refractivity contribution in [2.24, 2.45) is 0 Å². The Hall–Kier alpha value is -1.46. The van der Waals surface area contributed by atoms with Gasteiger partial charge < -0.3 is 4.74 Å². The molecule has 0 heterocycles. The standard InChI is InChI=1S/C12H11ClO2/c1-2-15-12(14)11-7-5-10(6-8-11)4-3-9-13/h5-8H,2,9H2,1H3. The number of alkyl halides is 1. The normalized spacial score (nSPS) is 8.93. The number of carbonyl (C=O) groups is 1. The van der Waals surface area contributed by atoms with Gasteiger partial charge in [-0.05, 0) is 31.2 Å². The number of hydrogen-bond donors (Lipinski definition) is 0. The minimum absolute atomic E-state index is 0.305. The molecule has 0 aliphatic heterocycles. The molecule has 0 N–H and O–H groups in total. The Kier molecular flexibility index (Phi) is 4.73. The predicted molar refractivity (Wildman–Crippen MR) is 60.0 cm³/mol. The maximum atomic E-state index is 11.3. The SMILES string of the molecule is CCOC(=O)c1ccc(C#CCCl)cc1. The minimum atomic E-state index is -0.311. The summed E-state index contributed by atoms with van der Waals surface area (Å²) in [5, 5.41) is 0. The molecule has 0 aliphatic rings. The van der Waals surface area contributed by atoms with Crippen LogP contribution in [-0.4, -0.2) is 18.5 Å². The van der Waals surface area contributed by atoms with Crippen LogP contribution in [-0.2, 0) is 4.74 Å². The van der Waals surface area contributed by atoms with Gasteiger partial charge in [-0.2, -0.15) is 0 Å². The lowest BCUT2D eigenvalue weighted by Crippen LogP contribution is -2.04. The number of esters is 1. The largest absolute Gasteiger partial charge is 0.462 e. The number of benzene rings is 1. The van der Waals surface area contributed by atoms with E-state index in [1.807, 2.05) is 0 Å². The number of carbonyl (C=O) groups excluding carboxylic acids is 1. The fourth-order valence-corrected chi connectivity index (χ4v) is 1.11. The van der Waals surface area contributed by atoms with Crippen LogP contribution >= 0.6 is 11.6 Å². The molecular formula is C12H11ClO2. The Morgan fingerprint density at radius 2 is 2.07 bits per heavy atom. The Balaban J connectivity index is 2.76. The molecule has 15 heavy (non-hydrogen) atoms. The first-order valence-corrected chi connectivity index (χ1v) is 5.13. The zero-order valence-electron chi connectivity index (χ0n) is 8.42. The summed E-state index contributed by atoms with van der Waals surface area (Å²) in [6.45, 7) is 2.16. The van der Waals surface area contributed by atoms with Crippen molar-refractivity contribution in [1.82, 2.24) is 0 Å². The van der Waals surface area contributed by atoms with E-state index in [0.717, 1.165) is 5.56 Å². The summed E-state index contributed by atoms with van der Waals surface area (Å²) < 4.78 is 4.85. The van der Waals surface area contributed by atoms with E-state index in [9.17, 15) is 4.79 Å². The smallest absolute Gasteiger partial charge is 0.338 e. The minimum Gasteiger partial charge on any atom is -0.462 e. The summed E-state index contributed by atoms with van der Waals surface area (Å²) in [5.41, 5.74) is 1.37. The van der Waals surface area contributed by atoms with Gasteiger partial charge in [0, 0.05) is 5.56 Å². The molecule has 3 heteroatoms. The molecule has 1 rings (SSSR count). The van der Waals surface area contributed by atoms with E-state index in [1.165, 1.54) is 0 Å². The predicted octanol–water partition coefficient (Wildman–Crippen LogP) is 2.45.